The first kappa shape index (κ1) is 12.9. The molecule has 0 bridgehead atoms. The van der Waals surface area contributed by atoms with E-state index in [0.29, 0.717) is 12.0 Å². The minimum absolute atomic E-state index is 0.0871. The molecular weight excluding hydrogens is 190 g/mol. The predicted molar refractivity (Wildman–Crippen MR) is 61.9 cm³/mol. The van der Waals surface area contributed by atoms with Gasteiger partial charge in [0.1, 0.15) is 0 Å². The molecule has 3 nitrogen and oxygen atoms in total. The molecule has 0 aromatic carbocycles. The third kappa shape index (κ3) is 4.09. The molecule has 1 N–H and O–H groups in total. The molecule has 0 spiro atoms. The third-order valence-corrected chi connectivity index (χ3v) is 3.55. The lowest BCUT2D eigenvalue weighted by atomic mass is 9.86. The lowest BCUT2D eigenvalue weighted by Crippen LogP contribution is -2.40. The van der Waals surface area contributed by atoms with E-state index in [1.807, 2.05) is 0 Å². The van der Waals surface area contributed by atoms with Crippen molar-refractivity contribution < 1.29 is 9.84 Å². The number of methoxy groups -OCH3 is 1. The van der Waals surface area contributed by atoms with E-state index in [0.717, 1.165) is 19.6 Å². The molecule has 0 saturated heterocycles. The van der Waals surface area contributed by atoms with E-state index in [-0.39, 0.29) is 6.10 Å². The fraction of sp³-hybridized carbons (Fsp3) is 1.00. The highest BCUT2D eigenvalue weighted by atomic mass is 16.5. The number of hydrogen-bond acceptors (Lipinski definition) is 3. The van der Waals surface area contributed by atoms with Gasteiger partial charge in [-0.1, -0.05) is 12.8 Å². The monoisotopic (exact) mass is 215 g/mol. The normalized spacial score (nSPS) is 29.4. The molecule has 90 valence electrons. The maximum atomic E-state index is 9.87. The molecule has 0 heterocycles. The van der Waals surface area contributed by atoms with Gasteiger partial charge in [0.25, 0.3) is 0 Å². The van der Waals surface area contributed by atoms with Gasteiger partial charge in [0.05, 0.1) is 12.7 Å². The van der Waals surface area contributed by atoms with Crippen molar-refractivity contribution in [2.75, 3.05) is 27.3 Å². The van der Waals surface area contributed by atoms with Crippen molar-refractivity contribution in [3.8, 4) is 0 Å². The predicted octanol–water partition coefficient (Wildman–Crippen LogP) is 1.50. The molecule has 1 rings (SSSR count). The second-order valence-electron chi connectivity index (χ2n) is 4.86. The van der Waals surface area contributed by atoms with Crippen LogP contribution in [0.2, 0.25) is 0 Å². The molecule has 0 aliphatic heterocycles. The van der Waals surface area contributed by atoms with E-state index in [2.05, 4.69) is 18.9 Å². The minimum Gasteiger partial charge on any atom is -0.393 e. The number of aliphatic hydroxyl groups excluding tert-OH is 1. The van der Waals surface area contributed by atoms with Crippen molar-refractivity contribution >= 4 is 0 Å². The van der Waals surface area contributed by atoms with Crippen molar-refractivity contribution in [2.24, 2.45) is 5.92 Å². The zero-order valence-electron chi connectivity index (χ0n) is 10.3. The molecular formula is C12H25NO2. The van der Waals surface area contributed by atoms with E-state index in [4.69, 9.17) is 4.74 Å². The van der Waals surface area contributed by atoms with Gasteiger partial charge in [-0.2, -0.15) is 0 Å². The summed E-state index contributed by atoms with van der Waals surface area (Å²) >= 11 is 0. The van der Waals surface area contributed by atoms with Crippen LogP contribution in [0.4, 0.5) is 0 Å². The highest BCUT2D eigenvalue weighted by Crippen LogP contribution is 2.25. The van der Waals surface area contributed by atoms with E-state index >= 15 is 0 Å². The van der Waals surface area contributed by atoms with E-state index in [9.17, 15) is 5.11 Å². The minimum atomic E-state index is -0.0871. The van der Waals surface area contributed by atoms with Gasteiger partial charge in [0, 0.05) is 19.7 Å². The number of nitrogens with zero attached hydrogens (tertiary/aromatic N) is 1. The van der Waals surface area contributed by atoms with Gasteiger partial charge in [-0.3, -0.25) is 0 Å². The molecule has 0 aromatic rings. The Morgan fingerprint density at radius 2 is 2.07 bits per heavy atom. The molecule has 1 aliphatic carbocycles. The van der Waals surface area contributed by atoms with Gasteiger partial charge >= 0.3 is 0 Å². The summed E-state index contributed by atoms with van der Waals surface area (Å²) in [5.74, 6) is 0.461. The molecule has 1 saturated carbocycles. The van der Waals surface area contributed by atoms with Crippen LogP contribution in [0.15, 0.2) is 0 Å². The Morgan fingerprint density at radius 3 is 2.67 bits per heavy atom. The van der Waals surface area contributed by atoms with Crippen molar-refractivity contribution in [3.05, 3.63) is 0 Å². The van der Waals surface area contributed by atoms with Crippen LogP contribution in [-0.2, 0) is 4.74 Å². The van der Waals surface area contributed by atoms with Gasteiger partial charge < -0.3 is 14.7 Å². The number of ether oxygens (including phenoxy) is 1. The molecule has 0 radical (unpaired) electrons. The van der Waals surface area contributed by atoms with Crippen molar-refractivity contribution in [1.82, 2.24) is 4.90 Å². The maximum Gasteiger partial charge on any atom is 0.0615 e. The standard InChI is InChI=1S/C12H25NO2/c1-10(9-15-3)13(2)8-11-6-4-5-7-12(11)14/h10-12,14H,4-9H2,1-3H3. The van der Waals surface area contributed by atoms with Gasteiger partial charge in [-0.25, -0.2) is 0 Å². The Labute approximate surface area is 93.4 Å². The van der Waals surface area contributed by atoms with Crippen LogP contribution in [-0.4, -0.2) is 49.5 Å². The quantitative estimate of drug-likeness (QED) is 0.754. The number of likely N-dealkylation sites (N-methyl/N-ethyl adjacent to an activating group) is 1. The van der Waals surface area contributed by atoms with E-state index < -0.39 is 0 Å². The van der Waals surface area contributed by atoms with Crippen LogP contribution in [0.1, 0.15) is 32.6 Å². The fourth-order valence-electron chi connectivity index (χ4n) is 2.32. The lowest BCUT2D eigenvalue weighted by Gasteiger charge is -2.33. The topological polar surface area (TPSA) is 32.7 Å². The van der Waals surface area contributed by atoms with E-state index in [1.54, 1.807) is 7.11 Å². The molecule has 3 unspecified atom stereocenters. The van der Waals surface area contributed by atoms with Gasteiger partial charge in [0.2, 0.25) is 0 Å². The number of rotatable bonds is 5. The first-order chi connectivity index (χ1) is 7.15. The van der Waals surface area contributed by atoms with Gasteiger partial charge in [0.15, 0.2) is 0 Å². The summed E-state index contributed by atoms with van der Waals surface area (Å²) in [4.78, 5) is 2.29. The zero-order chi connectivity index (χ0) is 11.3. The average Bonchev–Trinajstić information content (AvgIpc) is 2.21. The fourth-order valence-corrected chi connectivity index (χ4v) is 2.32. The molecule has 1 fully saturated rings. The van der Waals surface area contributed by atoms with Crippen LogP contribution in [0.25, 0.3) is 0 Å². The van der Waals surface area contributed by atoms with Crippen LogP contribution in [0, 0.1) is 5.92 Å². The van der Waals surface area contributed by atoms with Crippen molar-refractivity contribution in [1.29, 1.82) is 0 Å². The summed E-state index contributed by atoms with van der Waals surface area (Å²) in [6.45, 7) is 3.92. The molecule has 0 aromatic heterocycles. The number of hydrogen-bond donors (Lipinski definition) is 1. The molecule has 3 atom stereocenters. The second kappa shape index (κ2) is 6.46. The van der Waals surface area contributed by atoms with Crippen molar-refractivity contribution in [2.45, 2.75) is 44.8 Å². The summed E-state index contributed by atoms with van der Waals surface area (Å²) in [6, 6.07) is 0.434. The Balaban J connectivity index is 2.32. The first-order valence-corrected chi connectivity index (χ1v) is 6.02. The Morgan fingerprint density at radius 1 is 1.40 bits per heavy atom. The SMILES string of the molecule is COCC(C)N(C)CC1CCCCC1O. The van der Waals surface area contributed by atoms with Crippen molar-refractivity contribution in [3.63, 3.8) is 0 Å². The molecule has 0 amide bonds. The summed E-state index contributed by atoms with van der Waals surface area (Å²) < 4.78 is 5.14. The van der Waals surface area contributed by atoms with E-state index in [1.165, 1.54) is 19.3 Å². The molecule has 3 heteroatoms. The van der Waals surface area contributed by atoms with Crippen LogP contribution < -0.4 is 0 Å². The Kier molecular flexibility index (Phi) is 5.58. The largest absolute Gasteiger partial charge is 0.393 e. The highest BCUT2D eigenvalue weighted by Gasteiger charge is 2.25. The Hall–Kier alpha value is -0.120. The van der Waals surface area contributed by atoms with Crippen LogP contribution in [0.5, 0.6) is 0 Å². The summed E-state index contributed by atoms with van der Waals surface area (Å²) in [6.07, 6.45) is 4.53. The highest BCUT2D eigenvalue weighted by molar-refractivity contribution is 4.78. The summed E-state index contributed by atoms with van der Waals surface area (Å²) in [5, 5.41) is 9.87. The van der Waals surface area contributed by atoms with Gasteiger partial charge in [-0.05, 0) is 32.7 Å². The smallest absolute Gasteiger partial charge is 0.0615 e. The number of aliphatic hydroxyl groups is 1. The third-order valence-electron chi connectivity index (χ3n) is 3.55. The van der Waals surface area contributed by atoms with Crippen LogP contribution >= 0.6 is 0 Å². The zero-order valence-corrected chi connectivity index (χ0v) is 10.3. The Bertz CT molecular complexity index is 175. The summed E-state index contributed by atoms with van der Waals surface area (Å²) in [5.41, 5.74) is 0. The lowest BCUT2D eigenvalue weighted by molar-refractivity contribution is 0.0336. The van der Waals surface area contributed by atoms with Gasteiger partial charge in [-0.15, -0.1) is 0 Å². The maximum absolute atomic E-state index is 9.87. The molecule has 15 heavy (non-hydrogen) atoms. The summed E-state index contributed by atoms with van der Waals surface area (Å²) in [7, 11) is 3.85. The second-order valence-corrected chi connectivity index (χ2v) is 4.86. The first-order valence-electron chi connectivity index (χ1n) is 6.02. The van der Waals surface area contributed by atoms with Crippen LogP contribution in [0.3, 0.4) is 0 Å². The molecule has 1 aliphatic rings. The average molecular weight is 215 g/mol.